The van der Waals surface area contributed by atoms with Crippen molar-refractivity contribution in [2.24, 2.45) is 5.73 Å². The van der Waals surface area contributed by atoms with Crippen LogP contribution in [0.1, 0.15) is 18.5 Å². The van der Waals surface area contributed by atoms with Crippen molar-refractivity contribution in [3.05, 3.63) is 30.4 Å². The number of ether oxygens (including phenoxy) is 3. The van der Waals surface area contributed by atoms with Gasteiger partial charge >= 0.3 is 0 Å². The number of anilines is 3. The topological polar surface area (TPSA) is 158 Å². The molecule has 1 saturated heterocycles. The lowest BCUT2D eigenvalue weighted by atomic mass is 10.2. The number of aromatic nitrogens is 6. The monoisotopic (exact) mass is 493 g/mol. The van der Waals surface area contributed by atoms with Gasteiger partial charge in [0.25, 0.3) is 0 Å². The molecule has 1 aliphatic rings. The fraction of sp³-hybridized carbons (Fsp3) is 0.348. The molecule has 36 heavy (non-hydrogen) atoms. The molecule has 1 aromatic carbocycles. The van der Waals surface area contributed by atoms with Crippen LogP contribution < -0.4 is 30.2 Å². The summed E-state index contributed by atoms with van der Waals surface area (Å²) < 4.78 is 18.2. The van der Waals surface area contributed by atoms with Crippen LogP contribution in [0, 0.1) is 6.92 Å². The number of fused-ring (bicyclic) bond motifs is 1. The minimum atomic E-state index is -0.446. The van der Waals surface area contributed by atoms with Gasteiger partial charge in [0.05, 0.1) is 44.3 Å². The SMILES string of the molecule is COc1cc(-n2cnc(Nc3nc(N4CCC[C@H]4C(N)=O)nc4[nH]nc(C)c34)c2)cc(OC)c1OC. The molecular weight excluding hydrogens is 466 g/mol. The zero-order valence-electron chi connectivity index (χ0n) is 20.4. The summed E-state index contributed by atoms with van der Waals surface area (Å²) in [6.07, 6.45) is 4.97. The highest BCUT2D eigenvalue weighted by molar-refractivity contribution is 5.92. The van der Waals surface area contributed by atoms with Crippen molar-refractivity contribution >= 4 is 34.5 Å². The van der Waals surface area contributed by atoms with E-state index in [-0.39, 0.29) is 0 Å². The van der Waals surface area contributed by atoms with Gasteiger partial charge < -0.3 is 34.7 Å². The van der Waals surface area contributed by atoms with Gasteiger partial charge in [-0.1, -0.05) is 0 Å². The van der Waals surface area contributed by atoms with E-state index in [1.165, 1.54) is 0 Å². The number of hydrogen-bond acceptors (Lipinski definition) is 10. The third-order valence-electron chi connectivity index (χ3n) is 6.20. The molecule has 5 rings (SSSR count). The second-order valence-corrected chi connectivity index (χ2v) is 8.33. The molecule has 188 valence electrons. The van der Waals surface area contributed by atoms with Crippen molar-refractivity contribution in [2.45, 2.75) is 25.8 Å². The Morgan fingerprint density at radius 1 is 1.17 bits per heavy atom. The molecule has 0 aliphatic carbocycles. The summed E-state index contributed by atoms with van der Waals surface area (Å²) in [7, 11) is 4.69. The molecular formula is C23H27N9O4. The molecule has 4 heterocycles. The maximum absolute atomic E-state index is 11.9. The van der Waals surface area contributed by atoms with Gasteiger partial charge in [-0.3, -0.25) is 9.89 Å². The highest BCUT2D eigenvalue weighted by Gasteiger charge is 2.32. The van der Waals surface area contributed by atoms with E-state index in [4.69, 9.17) is 24.9 Å². The third kappa shape index (κ3) is 3.97. The number of imidazole rings is 1. The molecule has 3 aromatic heterocycles. The smallest absolute Gasteiger partial charge is 0.240 e. The van der Waals surface area contributed by atoms with Crippen LogP contribution in [0.2, 0.25) is 0 Å². The summed E-state index contributed by atoms with van der Waals surface area (Å²) in [5.41, 5.74) is 7.66. The molecule has 13 nitrogen and oxygen atoms in total. The fourth-order valence-electron chi connectivity index (χ4n) is 4.45. The Kier molecular flexibility index (Phi) is 5.96. The molecule has 1 aliphatic heterocycles. The number of nitrogens with one attached hydrogen (secondary N) is 2. The van der Waals surface area contributed by atoms with Crippen molar-refractivity contribution < 1.29 is 19.0 Å². The average molecular weight is 494 g/mol. The van der Waals surface area contributed by atoms with E-state index in [2.05, 4.69) is 25.5 Å². The number of H-pyrrole nitrogens is 1. The minimum Gasteiger partial charge on any atom is -0.493 e. The molecule has 0 unspecified atom stereocenters. The lowest BCUT2D eigenvalue weighted by molar-refractivity contribution is -0.119. The van der Waals surface area contributed by atoms with Gasteiger partial charge in [-0.2, -0.15) is 15.1 Å². The number of nitrogens with two attached hydrogens (primary N) is 1. The number of rotatable bonds is 8. The Morgan fingerprint density at radius 2 is 1.92 bits per heavy atom. The third-order valence-corrected chi connectivity index (χ3v) is 6.20. The molecule has 4 N–H and O–H groups in total. The van der Waals surface area contributed by atoms with Gasteiger partial charge in [0.1, 0.15) is 24.0 Å². The average Bonchev–Trinajstić information content (AvgIpc) is 3.63. The number of aromatic amines is 1. The number of nitrogens with zero attached hydrogens (tertiary/aromatic N) is 6. The second kappa shape index (κ2) is 9.24. The molecule has 1 amide bonds. The predicted octanol–water partition coefficient (Wildman–Crippen LogP) is 2.07. The Morgan fingerprint density at radius 3 is 2.58 bits per heavy atom. The molecule has 1 fully saturated rings. The van der Waals surface area contributed by atoms with Crippen LogP contribution in [0.4, 0.5) is 17.6 Å². The predicted molar refractivity (Wildman–Crippen MR) is 132 cm³/mol. The van der Waals surface area contributed by atoms with E-state index in [0.29, 0.717) is 53.4 Å². The minimum absolute atomic E-state index is 0.393. The largest absolute Gasteiger partial charge is 0.493 e. The van der Waals surface area contributed by atoms with Crippen molar-refractivity contribution in [3.8, 4) is 22.9 Å². The van der Waals surface area contributed by atoms with E-state index in [0.717, 1.165) is 23.2 Å². The van der Waals surface area contributed by atoms with E-state index in [1.54, 1.807) is 27.7 Å². The Labute approximate surface area is 206 Å². The Balaban J connectivity index is 1.51. The number of amides is 1. The Hall–Kier alpha value is -4.55. The van der Waals surface area contributed by atoms with Crippen molar-refractivity contribution in [2.75, 3.05) is 38.1 Å². The van der Waals surface area contributed by atoms with E-state index < -0.39 is 11.9 Å². The summed E-state index contributed by atoms with van der Waals surface area (Å²) in [6.45, 7) is 2.51. The number of carbonyl (C=O) groups is 1. The van der Waals surface area contributed by atoms with Crippen LogP contribution in [0.3, 0.4) is 0 Å². The quantitative estimate of drug-likeness (QED) is 0.332. The summed E-state index contributed by atoms with van der Waals surface area (Å²) >= 11 is 0. The maximum atomic E-state index is 11.9. The zero-order chi connectivity index (χ0) is 25.4. The summed E-state index contributed by atoms with van der Waals surface area (Å²) in [5, 5.41) is 11.2. The maximum Gasteiger partial charge on any atom is 0.240 e. The van der Waals surface area contributed by atoms with Gasteiger partial charge in [0.15, 0.2) is 17.1 Å². The first-order chi connectivity index (χ1) is 17.4. The highest BCUT2D eigenvalue weighted by atomic mass is 16.5. The Bertz CT molecular complexity index is 1410. The molecule has 0 saturated carbocycles. The van der Waals surface area contributed by atoms with Crippen LogP contribution in [0.15, 0.2) is 24.7 Å². The van der Waals surface area contributed by atoms with Gasteiger partial charge in [0.2, 0.25) is 17.6 Å². The first-order valence-electron chi connectivity index (χ1n) is 11.3. The fourth-order valence-corrected chi connectivity index (χ4v) is 4.45. The first kappa shape index (κ1) is 23.2. The summed E-state index contributed by atoms with van der Waals surface area (Å²) in [4.78, 5) is 27.6. The van der Waals surface area contributed by atoms with Crippen LogP contribution in [-0.2, 0) is 4.79 Å². The van der Waals surface area contributed by atoms with Crippen LogP contribution in [0.25, 0.3) is 16.7 Å². The van der Waals surface area contributed by atoms with Gasteiger partial charge in [-0.25, -0.2) is 4.98 Å². The van der Waals surface area contributed by atoms with Crippen LogP contribution in [0.5, 0.6) is 17.2 Å². The summed E-state index contributed by atoms with van der Waals surface area (Å²) in [6, 6.07) is 3.20. The number of methoxy groups -OCH3 is 3. The first-order valence-corrected chi connectivity index (χ1v) is 11.3. The number of carbonyl (C=O) groups excluding carboxylic acids is 1. The standard InChI is InChI=1S/C23H27N9O4/c1-12-18-21(27-23(28-22(18)30-29-12)32-7-5-6-14(32)20(24)33)26-17-10-31(11-25-17)13-8-15(34-2)19(36-4)16(9-13)35-3/h8-11,14H,5-7H2,1-4H3,(H2,24,33)(H2,26,27,28,29,30)/t14-/m0/s1. The molecule has 0 spiro atoms. The molecule has 13 heteroatoms. The van der Waals surface area contributed by atoms with Crippen LogP contribution in [-0.4, -0.2) is 69.5 Å². The zero-order valence-corrected chi connectivity index (χ0v) is 20.4. The van der Waals surface area contributed by atoms with Crippen LogP contribution >= 0.6 is 0 Å². The van der Waals surface area contributed by atoms with E-state index >= 15 is 0 Å². The van der Waals surface area contributed by atoms with Crippen molar-refractivity contribution in [1.82, 2.24) is 29.7 Å². The van der Waals surface area contributed by atoms with E-state index in [9.17, 15) is 4.79 Å². The normalized spacial score (nSPS) is 15.3. The number of primary amides is 1. The highest BCUT2D eigenvalue weighted by Crippen LogP contribution is 2.39. The molecule has 0 radical (unpaired) electrons. The molecule has 1 atom stereocenters. The number of benzene rings is 1. The van der Waals surface area contributed by atoms with Gasteiger partial charge in [-0.15, -0.1) is 0 Å². The lowest BCUT2D eigenvalue weighted by Gasteiger charge is -2.22. The molecule has 4 aromatic rings. The van der Waals surface area contributed by atoms with Gasteiger partial charge in [-0.05, 0) is 19.8 Å². The molecule has 0 bridgehead atoms. The van der Waals surface area contributed by atoms with E-state index in [1.807, 2.05) is 34.7 Å². The van der Waals surface area contributed by atoms with Crippen molar-refractivity contribution in [3.63, 3.8) is 0 Å². The summed E-state index contributed by atoms with van der Waals surface area (Å²) in [5.74, 6) is 2.63. The number of aryl methyl sites for hydroxylation is 1. The van der Waals surface area contributed by atoms with Gasteiger partial charge in [0, 0.05) is 18.7 Å². The number of hydrogen-bond donors (Lipinski definition) is 3. The second-order valence-electron chi connectivity index (χ2n) is 8.33. The lowest BCUT2D eigenvalue weighted by Crippen LogP contribution is -2.41. The van der Waals surface area contributed by atoms with Crippen molar-refractivity contribution in [1.29, 1.82) is 0 Å².